The van der Waals surface area contributed by atoms with Crippen molar-refractivity contribution in [2.24, 2.45) is 0 Å². The predicted molar refractivity (Wildman–Crippen MR) is 76.6 cm³/mol. The summed E-state index contributed by atoms with van der Waals surface area (Å²) in [7, 11) is 0. The molecule has 0 spiro atoms. The second-order valence-corrected chi connectivity index (χ2v) is 5.80. The highest BCUT2D eigenvalue weighted by Crippen LogP contribution is 2.36. The minimum absolute atomic E-state index is 0.0220. The number of halogens is 4. The van der Waals surface area contributed by atoms with Gasteiger partial charge in [0, 0.05) is 36.7 Å². The van der Waals surface area contributed by atoms with E-state index >= 15 is 0 Å². The lowest BCUT2D eigenvalue weighted by atomic mass is 9.99. The van der Waals surface area contributed by atoms with E-state index in [0.717, 1.165) is 48.7 Å². The van der Waals surface area contributed by atoms with E-state index in [9.17, 15) is 13.2 Å². The van der Waals surface area contributed by atoms with Crippen LogP contribution in [0.15, 0.2) is 22.7 Å². The van der Waals surface area contributed by atoms with Crippen molar-refractivity contribution in [3.63, 3.8) is 0 Å². The maximum atomic E-state index is 12.9. The summed E-state index contributed by atoms with van der Waals surface area (Å²) in [6, 6.07) is 3.93. The molecule has 0 unspecified atom stereocenters. The first-order valence-electron chi connectivity index (χ1n) is 6.75. The van der Waals surface area contributed by atoms with Crippen LogP contribution >= 0.6 is 15.9 Å². The number of alkyl halides is 3. The summed E-state index contributed by atoms with van der Waals surface area (Å²) >= 11 is 3.40. The van der Waals surface area contributed by atoms with Gasteiger partial charge in [0.15, 0.2) is 0 Å². The topological polar surface area (TPSA) is 15.3 Å². The van der Waals surface area contributed by atoms with Gasteiger partial charge in [-0.15, -0.1) is 0 Å². The van der Waals surface area contributed by atoms with Gasteiger partial charge in [0.1, 0.15) is 0 Å². The number of hydrogen-bond donors (Lipinski definition) is 1. The van der Waals surface area contributed by atoms with Gasteiger partial charge in [-0.25, -0.2) is 0 Å². The minimum Gasteiger partial charge on any atom is -0.314 e. The van der Waals surface area contributed by atoms with E-state index in [-0.39, 0.29) is 6.04 Å². The Balaban J connectivity index is 2.32. The third kappa shape index (κ3) is 3.54. The SMILES string of the molecule is CC[C@@H](c1cc(C(F)(F)F)ccc1Br)N1CCNCC1. The zero-order valence-electron chi connectivity index (χ0n) is 11.3. The average molecular weight is 351 g/mol. The van der Waals surface area contributed by atoms with Gasteiger partial charge in [0.25, 0.3) is 0 Å². The van der Waals surface area contributed by atoms with Crippen LogP contribution in [0.4, 0.5) is 13.2 Å². The van der Waals surface area contributed by atoms with Gasteiger partial charge in [0.05, 0.1) is 5.56 Å². The molecule has 2 rings (SSSR count). The Morgan fingerprint density at radius 2 is 1.95 bits per heavy atom. The number of nitrogens with one attached hydrogen (secondary N) is 1. The molecule has 0 amide bonds. The van der Waals surface area contributed by atoms with E-state index < -0.39 is 11.7 Å². The highest BCUT2D eigenvalue weighted by Gasteiger charge is 2.32. The Bertz CT molecular complexity index is 456. The number of rotatable bonds is 3. The molecule has 1 fully saturated rings. The fourth-order valence-corrected chi connectivity index (χ4v) is 3.15. The second kappa shape index (κ2) is 6.45. The maximum Gasteiger partial charge on any atom is 0.416 e. The fourth-order valence-electron chi connectivity index (χ4n) is 2.64. The zero-order chi connectivity index (χ0) is 14.8. The molecule has 0 radical (unpaired) electrons. The molecule has 112 valence electrons. The highest BCUT2D eigenvalue weighted by molar-refractivity contribution is 9.10. The van der Waals surface area contributed by atoms with Crippen LogP contribution < -0.4 is 5.32 Å². The molecule has 1 aliphatic rings. The van der Waals surface area contributed by atoms with Gasteiger partial charge in [0.2, 0.25) is 0 Å². The number of nitrogens with zero attached hydrogens (tertiary/aromatic N) is 1. The summed E-state index contributed by atoms with van der Waals surface area (Å²) in [6.07, 6.45) is -3.50. The Kier molecular flexibility index (Phi) is 5.09. The van der Waals surface area contributed by atoms with Crippen LogP contribution in [0.3, 0.4) is 0 Å². The van der Waals surface area contributed by atoms with Gasteiger partial charge < -0.3 is 5.32 Å². The first kappa shape index (κ1) is 15.8. The van der Waals surface area contributed by atoms with Gasteiger partial charge in [-0.1, -0.05) is 22.9 Å². The van der Waals surface area contributed by atoms with E-state index in [1.807, 2.05) is 6.92 Å². The lowest BCUT2D eigenvalue weighted by Crippen LogP contribution is -2.45. The van der Waals surface area contributed by atoms with Crippen LogP contribution in [0.1, 0.15) is 30.5 Å². The van der Waals surface area contributed by atoms with Crippen LogP contribution in [-0.2, 0) is 6.18 Å². The van der Waals surface area contributed by atoms with Crippen molar-refractivity contribution in [1.29, 1.82) is 0 Å². The molecule has 1 atom stereocenters. The van der Waals surface area contributed by atoms with E-state index in [0.29, 0.717) is 0 Å². The molecule has 20 heavy (non-hydrogen) atoms. The van der Waals surface area contributed by atoms with E-state index in [1.54, 1.807) is 0 Å². The molecule has 1 aliphatic heterocycles. The number of benzene rings is 1. The number of hydrogen-bond acceptors (Lipinski definition) is 2. The van der Waals surface area contributed by atoms with Crippen LogP contribution in [0.25, 0.3) is 0 Å². The van der Waals surface area contributed by atoms with E-state index in [4.69, 9.17) is 0 Å². The van der Waals surface area contributed by atoms with Crippen LogP contribution in [0.5, 0.6) is 0 Å². The molecular formula is C14H18BrF3N2. The molecule has 0 aromatic heterocycles. The van der Waals surface area contributed by atoms with Crippen molar-refractivity contribution in [3.8, 4) is 0 Å². The number of piperazine rings is 1. The predicted octanol–water partition coefficient (Wildman–Crippen LogP) is 3.82. The summed E-state index contributed by atoms with van der Waals surface area (Å²) in [4.78, 5) is 2.25. The Hall–Kier alpha value is -0.590. The second-order valence-electron chi connectivity index (χ2n) is 4.94. The molecule has 0 bridgehead atoms. The molecule has 2 nitrogen and oxygen atoms in total. The average Bonchev–Trinajstić information content (AvgIpc) is 2.41. The lowest BCUT2D eigenvalue weighted by molar-refractivity contribution is -0.137. The third-order valence-electron chi connectivity index (χ3n) is 3.66. The van der Waals surface area contributed by atoms with Crippen molar-refractivity contribution in [1.82, 2.24) is 10.2 Å². The van der Waals surface area contributed by atoms with Crippen LogP contribution in [0.2, 0.25) is 0 Å². The molecule has 0 aliphatic carbocycles. The molecule has 1 N–H and O–H groups in total. The van der Waals surface area contributed by atoms with Gasteiger partial charge in [-0.3, -0.25) is 4.90 Å². The molecule has 1 aromatic rings. The first-order chi connectivity index (χ1) is 9.43. The summed E-state index contributed by atoms with van der Waals surface area (Å²) in [6.45, 7) is 5.50. The largest absolute Gasteiger partial charge is 0.416 e. The quantitative estimate of drug-likeness (QED) is 0.891. The lowest BCUT2D eigenvalue weighted by Gasteiger charge is -2.35. The van der Waals surface area contributed by atoms with E-state index in [2.05, 4.69) is 26.1 Å². The zero-order valence-corrected chi connectivity index (χ0v) is 12.9. The Morgan fingerprint density at radius 1 is 1.30 bits per heavy atom. The summed E-state index contributed by atoms with van der Waals surface area (Å²) in [5.41, 5.74) is 0.147. The Labute approximate surface area is 125 Å². The van der Waals surface area contributed by atoms with Crippen molar-refractivity contribution in [2.75, 3.05) is 26.2 Å². The summed E-state index contributed by atoms with van der Waals surface area (Å²) in [5.74, 6) is 0. The monoisotopic (exact) mass is 350 g/mol. The molecule has 1 aromatic carbocycles. The molecular weight excluding hydrogens is 333 g/mol. The Morgan fingerprint density at radius 3 is 2.50 bits per heavy atom. The molecule has 0 saturated carbocycles. The fraction of sp³-hybridized carbons (Fsp3) is 0.571. The summed E-state index contributed by atoms with van der Waals surface area (Å²) in [5, 5.41) is 3.26. The molecule has 6 heteroatoms. The molecule has 1 saturated heterocycles. The van der Waals surface area contributed by atoms with Crippen LogP contribution in [-0.4, -0.2) is 31.1 Å². The van der Waals surface area contributed by atoms with Crippen molar-refractivity contribution >= 4 is 15.9 Å². The van der Waals surface area contributed by atoms with Crippen molar-refractivity contribution < 1.29 is 13.2 Å². The van der Waals surface area contributed by atoms with E-state index in [1.165, 1.54) is 12.1 Å². The van der Waals surface area contributed by atoms with Crippen molar-refractivity contribution in [3.05, 3.63) is 33.8 Å². The van der Waals surface area contributed by atoms with Gasteiger partial charge in [-0.2, -0.15) is 13.2 Å². The maximum absolute atomic E-state index is 12.9. The van der Waals surface area contributed by atoms with Crippen LogP contribution in [0, 0.1) is 0 Å². The minimum atomic E-state index is -4.29. The van der Waals surface area contributed by atoms with Gasteiger partial charge in [-0.05, 0) is 30.2 Å². The highest BCUT2D eigenvalue weighted by atomic mass is 79.9. The smallest absolute Gasteiger partial charge is 0.314 e. The molecule has 1 heterocycles. The first-order valence-corrected chi connectivity index (χ1v) is 7.54. The van der Waals surface area contributed by atoms with Gasteiger partial charge >= 0.3 is 6.18 Å². The normalized spacial score (nSPS) is 19.1. The van der Waals surface area contributed by atoms with Crippen molar-refractivity contribution in [2.45, 2.75) is 25.6 Å². The standard InChI is InChI=1S/C14H18BrF3N2/c1-2-13(20-7-5-19-6-8-20)11-9-10(14(16,17)18)3-4-12(11)15/h3-4,9,13,19H,2,5-8H2,1H3/t13-/m0/s1. The summed E-state index contributed by atoms with van der Waals surface area (Å²) < 4.78 is 39.4. The third-order valence-corrected chi connectivity index (χ3v) is 4.38.